The quantitative estimate of drug-likeness (QED) is 0.753. The van der Waals surface area contributed by atoms with Crippen LogP contribution >= 0.6 is 11.6 Å². The molecule has 30 heavy (non-hydrogen) atoms. The number of aromatic nitrogens is 2. The molecule has 4 rings (SSSR count). The average Bonchev–Trinajstić information content (AvgIpc) is 3.06. The molecule has 162 valence electrons. The first-order valence-electron chi connectivity index (χ1n) is 10.5. The lowest BCUT2D eigenvalue weighted by Gasteiger charge is -2.41. The molecule has 0 spiro atoms. The van der Waals surface area contributed by atoms with E-state index in [4.69, 9.17) is 11.6 Å². The fraction of sp³-hybridized carbons (Fsp3) is 0.545. The van der Waals surface area contributed by atoms with Crippen LogP contribution in [0.25, 0.3) is 0 Å². The van der Waals surface area contributed by atoms with E-state index in [2.05, 4.69) is 10.4 Å². The minimum Gasteiger partial charge on any atom is -0.387 e. The number of amides is 1. The molecule has 0 bridgehead atoms. The fourth-order valence-corrected chi connectivity index (χ4v) is 5.02. The van der Waals surface area contributed by atoms with Crippen LogP contribution < -0.4 is 5.32 Å². The fourth-order valence-electron chi connectivity index (χ4n) is 4.78. The Morgan fingerprint density at radius 2 is 2.03 bits per heavy atom. The Bertz CT molecular complexity index is 954. The highest BCUT2D eigenvalue weighted by Crippen LogP contribution is 2.42. The predicted octanol–water partition coefficient (Wildman–Crippen LogP) is 4.21. The molecule has 1 aromatic carbocycles. The third-order valence-electron chi connectivity index (χ3n) is 6.42. The molecule has 1 fully saturated rings. The van der Waals surface area contributed by atoms with Gasteiger partial charge in [0, 0.05) is 12.6 Å². The molecule has 1 aromatic heterocycles. The number of halogens is 3. The summed E-state index contributed by atoms with van der Waals surface area (Å²) in [6.45, 7) is 0. The number of benzene rings is 1. The Morgan fingerprint density at radius 3 is 2.77 bits per heavy atom. The van der Waals surface area contributed by atoms with E-state index >= 15 is 0 Å². The zero-order chi connectivity index (χ0) is 21.5. The SMILES string of the molecule is Cn1nc2c(c1C(=O)NC(c1cccc(F)c1Cl)[C@]1(O)CC[C@@H](F)CC1)CCCC2. The van der Waals surface area contributed by atoms with Crippen LogP contribution in [-0.2, 0) is 19.9 Å². The maximum Gasteiger partial charge on any atom is 0.270 e. The van der Waals surface area contributed by atoms with Gasteiger partial charge in [-0.1, -0.05) is 23.7 Å². The second-order valence-electron chi connectivity index (χ2n) is 8.43. The topological polar surface area (TPSA) is 67.2 Å². The van der Waals surface area contributed by atoms with Crippen LogP contribution in [0, 0.1) is 5.82 Å². The van der Waals surface area contributed by atoms with E-state index in [1.807, 2.05) is 0 Å². The van der Waals surface area contributed by atoms with Crippen molar-refractivity contribution in [2.75, 3.05) is 0 Å². The highest BCUT2D eigenvalue weighted by Gasteiger charge is 2.43. The van der Waals surface area contributed by atoms with E-state index in [-0.39, 0.29) is 30.7 Å². The van der Waals surface area contributed by atoms with Crippen molar-refractivity contribution in [1.29, 1.82) is 0 Å². The first-order valence-corrected chi connectivity index (χ1v) is 10.8. The number of nitrogens with one attached hydrogen (secondary N) is 1. The summed E-state index contributed by atoms with van der Waals surface area (Å²) >= 11 is 6.22. The number of aryl methyl sites for hydroxylation is 2. The third kappa shape index (κ3) is 3.85. The lowest BCUT2D eigenvalue weighted by Crippen LogP contribution is -2.49. The molecular weight excluding hydrogens is 412 g/mol. The number of hydrogen-bond donors (Lipinski definition) is 2. The predicted molar refractivity (Wildman–Crippen MR) is 110 cm³/mol. The number of hydrogen-bond acceptors (Lipinski definition) is 3. The van der Waals surface area contributed by atoms with Gasteiger partial charge in [-0.3, -0.25) is 9.48 Å². The van der Waals surface area contributed by atoms with Crippen molar-refractivity contribution in [3.63, 3.8) is 0 Å². The van der Waals surface area contributed by atoms with Gasteiger partial charge in [-0.05, 0) is 63.0 Å². The van der Waals surface area contributed by atoms with Crippen molar-refractivity contribution in [3.8, 4) is 0 Å². The second-order valence-corrected chi connectivity index (χ2v) is 8.81. The van der Waals surface area contributed by atoms with E-state index in [0.29, 0.717) is 11.3 Å². The van der Waals surface area contributed by atoms with Crippen LogP contribution in [0.2, 0.25) is 5.02 Å². The first kappa shape index (κ1) is 21.2. The van der Waals surface area contributed by atoms with Crippen LogP contribution in [0.4, 0.5) is 8.78 Å². The Balaban J connectivity index is 1.71. The summed E-state index contributed by atoms with van der Waals surface area (Å²) in [5, 5.41) is 18.6. The smallest absolute Gasteiger partial charge is 0.270 e. The Labute approximate surface area is 179 Å². The lowest BCUT2D eigenvalue weighted by atomic mass is 9.76. The second kappa shape index (κ2) is 8.27. The van der Waals surface area contributed by atoms with Gasteiger partial charge in [-0.15, -0.1) is 0 Å². The van der Waals surface area contributed by atoms with Crippen LogP contribution in [0.3, 0.4) is 0 Å². The van der Waals surface area contributed by atoms with Crippen molar-refractivity contribution in [3.05, 3.63) is 51.6 Å². The van der Waals surface area contributed by atoms with Crippen LogP contribution in [0.15, 0.2) is 18.2 Å². The summed E-state index contributed by atoms with van der Waals surface area (Å²) < 4.78 is 29.5. The molecule has 8 heteroatoms. The Morgan fingerprint density at radius 1 is 1.33 bits per heavy atom. The number of aliphatic hydroxyl groups is 1. The zero-order valence-electron chi connectivity index (χ0n) is 16.9. The summed E-state index contributed by atoms with van der Waals surface area (Å²) in [5.41, 5.74) is 1.16. The highest BCUT2D eigenvalue weighted by atomic mass is 35.5. The van der Waals surface area contributed by atoms with E-state index in [9.17, 15) is 18.7 Å². The third-order valence-corrected chi connectivity index (χ3v) is 6.82. The van der Waals surface area contributed by atoms with Gasteiger partial charge in [0.1, 0.15) is 17.7 Å². The maximum absolute atomic E-state index is 14.2. The first-order chi connectivity index (χ1) is 14.3. The van der Waals surface area contributed by atoms with Gasteiger partial charge in [0.25, 0.3) is 5.91 Å². The van der Waals surface area contributed by atoms with E-state index in [1.165, 1.54) is 12.1 Å². The molecule has 2 aromatic rings. The van der Waals surface area contributed by atoms with Gasteiger partial charge in [0.05, 0.1) is 22.4 Å². The van der Waals surface area contributed by atoms with Crippen molar-refractivity contribution in [1.82, 2.24) is 15.1 Å². The normalized spacial score (nSPS) is 24.9. The van der Waals surface area contributed by atoms with E-state index < -0.39 is 29.5 Å². The van der Waals surface area contributed by atoms with Crippen LogP contribution in [0.5, 0.6) is 0 Å². The van der Waals surface area contributed by atoms with E-state index in [1.54, 1.807) is 17.8 Å². The molecule has 5 nitrogen and oxygen atoms in total. The number of carbonyl (C=O) groups is 1. The summed E-state index contributed by atoms with van der Waals surface area (Å²) in [6.07, 6.45) is 3.28. The van der Waals surface area contributed by atoms with Gasteiger partial charge in [-0.25, -0.2) is 8.78 Å². The average molecular weight is 438 g/mol. The minimum atomic E-state index is -1.42. The van der Waals surface area contributed by atoms with Crippen molar-refractivity contribution in [2.45, 2.75) is 69.2 Å². The molecule has 1 heterocycles. The molecule has 2 aliphatic rings. The van der Waals surface area contributed by atoms with Gasteiger partial charge in [0.15, 0.2) is 0 Å². The molecule has 0 radical (unpaired) electrons. The van der Waals surface area contributed by atoms with Crippen LogP contribution in [-0.4, -0.2) is 32.6 Å². The number of alkyl halides is 1. The van der Waals surface area contributed by atoms with Crippen molar-refractivity contribution < 1.29 is 18.7 Å². The monoisotopic (exact) mass is 437 g/mol. The molecule has 2 N–H and O–H groups in total. The zero-order valence-corrected chi connectivity index (χ0v) is 17.7. The van der Waals surface area contributed by atoms with Crippen molar-refractivity contribution in [2.24, 2.45) is 7.05 Å². The van der Waals surface area contributed by atoms with Gasteiger partial charge in [-0.2, -0.15) is 5.10 Å². The number of rotatable bonds is 4. The molecular formula is C22H26ClF2N3O2. The van der Waals surface area contributed by atoms with Gasteiger partial charge < -0.3 is 10.4 Å². The molecule has 1 unspecified atom stereocenters. The summed E-state index contributed by atoms with van der Waals surface area (Å²) in [4.78, 5) is 13.3. The standard InChI is InChI=1S/C22H26ClF2N3O2/c1-28-19(14-5-2-3-8-17(14)27-28)21(29)26-20(15-6-4-7-16(25)18(15)23)22(30)11-9-13(24)10-12-22/h4,6-7,13,20,30H,2-3,5,8-12H2,1H3,(H,26,29)/t13-,20?,22+. The molecule has 1 amide bonds. The summed E-state index contributed by atoms with van der Waals surface area (Å²) in [6, 6.07) is 3.35. The Kier molecular flexibility index (Phi) is 5.86. The molecule has 1 saturated carbocycles. The summed E-state index contributed by atoms with van der Waals surface area (Å²) in [7, 11) is 1.72. The van der Waals surface area contributed by atoms with Crippen LogP contribution in [0.1, 0.15) is 71.9 Å². The molecule has 0 saturated heterocycles. The number of fused-ring (bicyclic) bond motifs is 1. The number of nitrogens with zero attached hydrogens (tertiary/aromatic N) is 2. The van der Waals surface area contributed by atoms with Gasteiger partial charge in [0.2, 0.25) is 0 Å². The molecule has 0 aliphatic heterocycles. The van der Waals surface area contributed by atoms with E-state index in [0.717, 1.165) is 36.9 Å². The largest absolute Gasteiger partial charge is 0.387 e. The van der Waals surface area contributed by atoms with Crippen molar-refractivity contribution >= 4 is 17.5 Å². The highest BCUT2D eigenvalue weighted by molar-refractivity contribution is 6.31. The number of carbonyl (C=O) groups excluding carboxylic acids is 1. The minimum absolute atomic E-state index is 0.148. The lowest BCUT2D eigenvalue weighted by molar-refractivity contribution is -0.0446. The maximum atomic E-state index is 14.2. The summed E-state index contributed by atoms with van der Waals surface area (Å²) in [5.74, 6) is -1.02. The molecule has 2 aliphatic carbocycles. The van der Waals surface area contributed by atoms with Gasteiger partial charge >= 0.3 is 0 Å². The molecule has 1 atom stereocenters. The Hall–Kier alpha value is -1.99.